The first kappa shape index (κ1) is 10.2. The number of carbonyl (C=O) groups excluding carboxylic acids is 1. The Hall–Kier alpha value is -2.36. The number of hydrogen-bond donors (Lipinski definition) is 1. The summed E-state index contributed by atoms with van der Waals surface area (Å²) in [5.41, 5.74) is 0.0844. The first-order valence-corrected chi connectivity index (χ1v) is 4.57. The third kappa shape index (κ3) is 1.50. The molecule has 0 amide bonds. The van der Waals surface area contributed by atoms with E-state index in [4.69, 9.17) is 5.11 Å². The fourth-order valence-corrected chi connectivity index (χ4v) is 1.66. The third-order valence-electron chi connectivity index (χ3n) is 2.37. The van der Waals surface area contributed by atoms with Crippen molar-refractivity contribution in [3.63, 3.8) is 0 Å². The van der Waals surface area contributed by atoms with Gasteiger partial charge < -0.3 is 15.0 Å². The molecule has 2 rings (SSSR count). The number of carboxylic acid groups (broad SMARTS) is 2. The maximum atomic E-state index is 10.9. The van der Waals surface area contributed by atoms with Crippen molar-refractivity contribution in [2.24, 2.45) is 0 Å². The molecule has 0 aromatic heterocycles. The van der Waals surface area contributed by atoms with E-state index in [0.29, 0.717) is 10.8 Å². The first-order valence-electron chi connectivity index (χ1n) is 4.57. The van der Waals surface area contributed by atoms with Gasteiger partial charge in [-0.3, -0.25) is 0 Å². The average Bonchev–Trinajstić information content (AvgIpc) is 2.27. The van der Waals surface area contributed by atoms with Crippen LogP contribution in [0.3, 0.4) is 0 Å². The Morgan fingerprint density at radius 1 is 0.938 bits per heavy atom. The Kier molecular flexibility index (Phi) is 2.32. The predicted octanol–water partition coefficient (Wildman–Crippen LogP) is 0.901. The summed E-state index contributed by atoms with van der Waals surface area (Å²) in [7, 11) is 0. The second-order valence-corrected chi connectivity index (χ2v) is 3.30. The van der Waals surface area contributed by atoms with Gasteiger partial charge in [0.25, 0.3) is 0 Å². The van der Waals surface area contributed by atoms with E-state index in [1.54, 1.807) is 24.3 Å². The number of benzene rings is 2. The van der Waals surface area contributed by atoms with E-state index in [2.05, 4.69) is 0 Å². The van der Waals surface area contributed by atoms with Crippen LogP contribution in [0.15, 0.2) is 36.4 Å². The van der Waals surface area contributed by atoms with E-state index in [9.17, 15) is 14.7 Å². The maximum Gasteiger partial charge on any atom is 0.336 e. The highest BCUT2D eigenvalue weighted by atomic mass is 16.4. The summed E-state index contributed by atoms with van der Waals surface area (Å²) in [5, 5.41) is 20.6. The highest BCUT2D eigenvalue weighted by Gasteiger charge is 2.10. The van der Waals surface area contributed by atoms with Crippen LogP contribution in [0, 0.1) is 0 Å². The van der Waals surface area contributed by atoms with Crippen LogP contribution in [0.25, 0.3) is 10.8 Å². The molecular weight excluding hydrogens is 208 g/mol. The van der Waals surface area contributed by atoms with Gasteiger partial charge in [0.1, 0.15) is 0 Å². The molecule has 0 heterocycles. The van der Waals surface area contributed by atoms with Crippen molar-refractivity contribution in [1.29, 1.82) is 0 Å². The summed E-state index contributed by atoms with van der Waals surface area (Å²) < 4.78 is 0. The molecule has 80 valence electrons. The van der Waals surface area contributed by atoms with Crippen molar-refractivity contribution in [3.8, 4) is 0 Å². The van der Waals surface area contributed by atoms with Crippen molar-refractivity contribution < 1.29 is 19.8 Å². The van der Waals surface area contributed by atoms with Crippen LogP contribution in [-0.4, -0.2) is 17.0 Å². The van der Waals surface area contributed by atoms with Crippen LogP contribution in [0.2, 0.25) is 0 Å². The summed E-state index contributed by atoms with van der Waals surface area (Å²) in [6, 6.07) is 8.98. The molecule has 16 heavy (non-hydrogen) atoms. The Morgan fingerprint density at radius 2 is 1.44 bits per heavy atom. The van der Waals surface area contributed by atoms with Crippen molar-refractivity contribution in [1.82, 2.24) is 0 Å². The number of aromatic carboxylic acids is 2. The van der Waals surface area contributed by atoms with Gasteiger partial charge in [0.05, 0.1) is 11.5 Å². The van der Waals surface area contributed by atoms with E-state index in [0.717, 1.165) is 0 Å². The molecule has 0 bridgehead atoms. The first-order chi connectivity index (χ1) is 7.61. The Morgan fingerprint density at radius 3 is 1.94 bits per heavy atom. The summed E-state index contributed by atoms with van der Waals surface area (Å²) in [4.78, 5) is 21.8. The largest absolute Gasteiger partial charge is 0.545 e. The normalized spacial score (nSPS) is 10.2. The Balaban J connectivity index is 2.87. The molecule has 0 aliphatic heterocycles. The molecule has 0 aliphatic carbocycles. The van der Waals surface area contributed by atoms with Gasteiger partial charge in [0.2, 0.25) is 0 Å². The van der Waals surface area contributed by atoms with Crippen LogP contribution >= 0.6 is 0 Å². The molecule has 1 N–H and O–H groups in total. The minimum atomic E-state index is -1.31. The molecule has 0 unspecified atom stereocenters. The SMILES string of the molecule is O=C([O-])c1ccc(C(=O)O)c2ccccc12. The molecule has 0 saturated carbocycles. The van der Waals surface area contributed by atoms with Gasteiger partial charge in [-0.2, -0.15) is 0 Å². The number of carbonyl (C=O) groups is 2. The Bertz CT molecular complexity index is 534. The van der Waals surface area contributed by atoms with Crippen molar-refractivity contribution in [3.05, 3.63) is 47.5 Å². The topological polar surface area (TPSA) is 77.4 Å². The molecule has 0 spiro atoms. The highest BCUT2D eigenvalue weighted by molar-refractivity contribution is 6.10. The standard InChI is InChI=1S/C12H8O4/c13-11(14)9-5-6-10(12(15)16)8-4-2-1-3-7(8)9/h1-6H,(H,13,14)(H,15,16)/p-1. The van der Waals surface area contributed by atoms with E-state index in [1.165, 1.54) is 12.1 Å². The molecule has 0 fully saturated rings. The predicted molar refractivity (Wildman–Crippen MR) is 55.2 cm³/mol. The second-order valence-electron chi connectivity index (χ2n) is 3.30. The van der Waals surface area contributed by atoms with Crippen molar-refractivity contribution >= 4 is 22.7 Å². The highest BCUT2D eigenvalue weighted by Crippen LogP contribution is 2.22. The lowest BCUT2D eigenvalue weighted by Crippen LogP contribution is -2.22. The Labute approximate surface area is 90.8 Å². The zero-order valence-corrected chi connectivity index (χ0v) is 8.14. The van der Waals surface area contributed by atoms with E-state index in [1.807, 2.05) is 0 Å². The monoisotopic (exact) mass is 215 g/mol. The number of fused-ring (bicyclic) bond motifs is 1. The van der Waals surface area contributed by atoms with E-state index in [-0.39, 0.29) is 11.1 Å². The van der Waals surface area contributed by atoms with Crippen molar-refractivity contribution in [2.75, 3.05) is 0 Å². The zero-order valence-electron chi connectivity index (χ0n) is 8.14. The molecule has 2 aromatic rings. The van der Waals surface area contributed by atoms with Crippen LogP contribution in [0.4, 0.5) is 0 Å². The fraction of sp³-hybridized carbons (Fsp3) is 0. The molecule has 4 nitrogen and oxygen atoms in total. The molecule has 4 heteroatoms. The third-order valence-corrected chi connectivity index (χ3v) is 2.37. The molecule has 0 radical (unpaired) electrons. The molecule has 0 aliphatic rings. The summed E-state index contributed by atoms with van der Waals surface area (Å²) >= 11 is 0. The van der Waals surface area contributed by atoms with Crippen LogP contribution in [0.5, 0.6) is 0 Å². The summed E-state index contributed by atoms with van der Waals surface area (Å²) in [6.45, 7) is 0. The lowest BCUT2D eigenvalue weighted by Gasteiger charge is -2.09. The number of carboxylic acids is 2. The number of hydrogen-bond acceptors (Lipinski definition) is 3. The second kappa shape index (κ2) is 3.66. The van der Waals surface area contributed by atoms with Gasteiger partial charge in [0, 0.05) is 5.56 Å². The van der Waals surface area contributed by atoms with E-state index < -0.39 is 11.9 Å². The molecule has 0 atom stereocenters. The van der Waals surface area contributed by atoms with Gasteiger partial charge in [-0.25, -0.2) is 4.79 Å². The summed E-state index contributed by atoms with van der Waals surface area (Å²) in [6.07, 6.45) is 0. The minimum absolute atomic E-state index is 0.000556. The van der Waals surface area contributed by atoms with E-state index >= 15 is 0 Å². The van der Waals surface area contributed by atoms with Crippen LogP contribution < -0.4 is 5.11 Å². The van der Waals surface area contributed by atoms with Gasteiger partial charge in [0.15, 0.2) is 0 Å². The van der Waals surface area contributed by atoms with Crippen molar-refractivity contribution in [2.45, 2.75) is 0 Å². The van der Waals surface area contributed by atoms with Gasteiger partial charge in [-0.1, -0.05) is 30.3 Å². The lowest BCUT2D eigenvalue weighted by molar-refractivity contribution is -0.254. The minimum Gasteiger partial charge on any atom is -0.545 e. The maximum absolute atomic E-state index is 10.9. The van der Waals surface area contributed by atoms with Gasteiger partial charge in [-0.05, 0) is 16.8 Å². The molecule has 0 saturated heterocycles. The smallest absolute Gasteiger partial charge is 0.336 e. The summed E-state index contributed by atoms with van der Waals surface area (Å²) in [5.74, 6) is -2.39. The van der Waals surface area contributed by atoms with Crippen LogP contribution in [-0.2, 0) is 0 Å². The molecular formula is C12H7O4-. The fourth-order valence-electron chi connectivity index (χ4n) is 1.66. The van der Waals surface area contributed by atoms with Gasteiger partial charge >= 0.3 is 5.97 Å². The lowest BCUT2D eigenvalue weighted by atomic mass is 10.00. The van der Waals surface area contributed by atoms with Crippen LogP contribution in [0.1, 0.15) is 20.7 Å². The zero-order chi connectivity index (χ0) is 11.7. The van der Waals surface area contributed by atoms with Gasteiger partial charge in [-0.15, -0.1) is 0 Å². The molecule has 2 aromatic carbocycles. The number of rotatable bonds is 2. The quantitative estimate of drug-likeness (QED) is 0.807. The average molecular weight is 215 g/mol.